The van der Waals surface area contributed by atoms with Gasteiger partial charge < -0.3 is 10.6 Å². The van der Waals surface area contributed by atoms with Crippen LogP contribution in [0, 0.1) is 22.6 Å². The smallest absolute Gasteiger partial charge is 0.241 e. The molecule has 6 rings (SSSR count). The molecule has 1 unspecified atom stereocenters. The first kappa shape index (κ1) is 22.3. The molecule has 34 heavy (non-hydrogen) atoms. The van der Waals surface area contributed by atoms with Crippen LogP contribution in [0.25, 0.3) is 0 Å². The molecule has 0 heterocycles. The number of carbonyl (C=O) groups is 2. The van der Waals surface area contributed by atoms with Gasteiger partial charge in [-0.2, -0.15) is 5.26 Å². The van der Waals surface area contributed by atoms with E-state index in [0.29, 0.717) is 12.1 Å². The Morgan fingerprint density at radius 1 is 1.00 bits per heavy atom. The summed E-state index contributed by atoms with van der Waals surface area (Å²) in [7, 11) is 0. The number of rotatable bonds is 5. The van der Waals surface area contributed by atoms with Crippen molar-refractivity contribution in [3.05, 3.63) is 101 Å². The van der Waals surface area contributed by atoms with Gasteiger partial charge in [0.2, 0.25) is 11.8 Å². The quantitative estimate of drug-likeness (QED) is 0.468. The Balaban J connectivity index is 1.38. The van der Waals surface area contributed by atoms with Crippen molar-refractivity contribution < 1.29 is 14.0 Å². The third-order valence-electron chi connectivity index (χ3n) is 6.78. The first-order valence-electron chi connectivity index (χ1n) is 11.0. The van der Waals surface area contributed by atoms with Crippen molar-refractivity contribution in [3.8, 4) is 6.07 Å². The molecule has 3 aromatic carbocycles. The van der Waals surface area contributed by atoms with Crippen LogP contribution in [0.3, 0.4) is 0 Å². The van der Waals surface area contributed by atoms with E-state index < -0.39 is 15.7 Å². The fraction of sp³-hybridized carbons (Fsp3) is 0.222. The van der Waals surface area contributed by atoms with Crippen LogP contribution in [0.4, 0.5) is 10.1 Å². The molecule has 0 aliphatic heterocycles. The molecule has 2 amide bonds. The summed E-state index contributed by atoms with van der Waals surface area (Å²) in [4.78, 5) is 25.8. The van der Waals surface area contributed by atoms with Gasteiger partial charge in [0.25, 0.3) is 0 Å². The van der Waals surface area contributed by atoms with E-state index in [9.17, 15) is 19.2 Å². The largest absolute Gasteiger partial charge is 0.354 e. The van der Waals surface area contributed by atoms with Crippen LogP contribution in [0.1, 0.15) is 41.0 Å². The van der Waals surface area contributed by atoms with Crippen LogP contribution in [-0.4, -0.2) is 18.4 Å². The van der Waals surface area contributed by atoms with Gasteiger partial charge in [0.1, 0.15) is 11.2 Å². The number of nitriles is 1. The number of fused-ring (bicyclic) bond motifs is 1. The van der Waals surface area contributed by atoms with Gasteiger partial charge >= 0.3 is 0 Å². The zero-order valence-electron chi connectivity index (χ0n) is 18.1. The minimum absolute atomic E-state index is 0.0297. The predicted molar refractivity (Wildman–Crippen MR) is 130 cm³/mol. The first-order chi connectivity index (χ1) is 16.4. The highest BCUT2D eigenvalue weighted by molar-refractivity contribution is 9.09. The molecule has 2 bridgehead atoms. The van der Waals surface area contributed by atoms with E-state index in [1.165, 1.54) is 24.3 Å². The summed E-state index contributed by atoms with van der Waals surface area (Å²) in [6, 6.07) is 23.7. The topological polar surface area (TPSA) is 82.0 Å². The number of hydrogen-bond donors (Lipinski definition) is 2. The number of hydrogen-bond acceptors (Lipinski definition) is 3. The van der Waals surface area contributed by atoms with Crippen molar-refractivity contribution in [1.82, 2.24) is 5.32 Å². The summed E-state index contributed by atoms with van der Waals surface area (Å²) in [6.07, 6.45) is 0.324. The van der Waals surface area contributed by atoms with Gasteiger partial charge in [-0.05, 0) is 52.9 Å². The number of benzene rings is 3. The van der Waals surface area contributed by atoms with Crippen LogP contribution in [0.5, 0.6) is 0 Å². The Bertz CT molecular complexity index is 1290. The maximum Gasteiger partial charge on any atom is 0.241 e. The molecular formula is C27H21BrFN3O2. The van der Waals surface area contributed by atoms with Crippen LogP contribution < -0.4 is 10.6 Å². The summed E-state index contributed by atoms with van der Waals surface area (Å²) in [5, 5.41) is 15.9. The number of alkyl halides is 1. The lowest BCUT2D eigenvalue weighted by Gasteiger charge is -2.53. The molecule has 3 aliphatic rings. The molecule has 7 heteroatoms. The van der Waals surface area contributed by atoms with Gasteiger partial charge in [-0.1, -0.05) is 64.5 Å². The summed E-state index contributed by atoms with van der Waals surface area (Å²) in [5.41, 5.74) is 3.25. The highest BCUT2D eigenvalue weighted by Gasteiger charge is 2.62. The highest BCUT2D eigenvalue weighted by Crippen LogP contribution is 2.65. The van der Waals surface area contributed by atoms with E-state index in [2.05, 4.69) is 32.6 Å². The van der Waals surface area contributed by atoms with Crippen molar-refractivity contribution >= 4 is 33.4 Å². The minimum Gasteiger partial charge on any atom is -0.354 e. The molecule has 0 aromatic heterocycles. The first-order valence-corrected chi connectivity index (χ1v) is 11.8. The van der Waals surface area contributed by atoms with Crippen LogP contribution in [0.15, 0.2) is 72.8 Å². The Morgan fingerprint density at radius 3 is 2.18 bits per heavy atom. The monoisotopic (exact) mass is 517 g/mol. The van der Waals surface area contributed by atoms with Gasteiger partial charge in [-0.15, -0.1) is 0 Å². The number of nitrogens with one attached hydrogen (secondary N) is 2. The van der Waals surface area contributed by atoms with E-state index in [1.807, 2.05) is 48.5 Å². The second kappa shape index (κ2) is 8.37. The maximum atomic E-state index is 13.6. The second-order valence-electron chi connectivity index (χ2n) is 8.73. The van der Waals surface area contributed by atoms with Gasteiger partial charge in [0.15, 0.2) is 0 Å². The average molecular weight is 518 g/mol. The molecule has 0 saturated carbocycles. The fourth-order valence-corrected chi connectivity index (χ4v) is 6.47. The molecule has 170 valence electrons. The SMILES string of the molecule is N#CC1(C(=O)NCCC(=O)Nc2ccc(F)cc2)CC2(Br)c3ccccc3C1c1ccccc12. The van der Waals surface area contributed by atoms with Crippen LogP contribution in [-0.2, 0) is 13.9 Å². The second-order valence-corrected chi connectivity index (χ2v) is 10.1. The van der Waals surface area contributed by atoms with Gasteiger partial charge in [-0.25, -0.2) is 4.39 Å². The predicted octanol–water partition coefficient (Wildman–Crippen LogP) is 4.97. The lowest BCUT2D eigenvalue weighted by Crippen LogP contribution is -2.54. The zero-order chi connectivity index (χ0) is 23.9. The van der Waals surface area contributed by atoms with Crippen molar-refractivity contribution in [2.75, 3.05) is 11.9 Å². The summed E-state index contributed by atoms with van der Waals surface area (Å²) in [5.74, 6) is -1.49. The molecule has 0 spiro atoms. The highest BCUT2D eigenvalue weighted by atomic mass is 79.9. The molecule has 1 atom stereocenters. The number of nitrogens with zero attached hydrogens (tertiary/aromatic N) is 1. The summed E-state index contributed by atoms with van der Waals surface area (Å²) in [6.45, 7) is 0.0839. The third kappa shape index (κ3) is 3.41. The van der Waals surface area contributed by atoms with E-state index >= 15 is 0 Å². The number of carbonyl (C=O) groups excluding carboxylic acids is 2. The average Bonchev–Trinajstić information content (AvgIpc) is 2.85. The van der Waals surface area contributed by atoms with E-state index in [1.54, 1.807) is 0 Å². The van der Waals surface area contributed by atoms with Crippen molar-refractivity contribution in [2.24, 2.45) is 5.41 Å². The van der Waals surface area contributed by atoms with E-state index in [4.69, 9.17) is 0 Å². The van der Waals surface area contributed by atoms with E-state index in [-0.39, 0.29) is 30.6 Å². The Morgan fingerprint density at radius 2 is 1.59 bits per heavy atom. The summed E-state index contributed by atoms with van der Waals surface area (Å²) < 4.78 is 12.4. The standard InChI is InChI=1S/C27H21BrFN3O2/c28-27-15-26(16-30,25(34)31-14-13-23(33)32-18-11-9-17(29)10-12-18)24(19-5-1-3-7-21(19)27)20-6-2-4-8-22(20)27/h1-12,24H,13-15H2,(H,31,34)(H,32,33). The Hall–Kier alpha value is -3.50. The Kier molecular flexibility index (Phi) is 5.49. The molecule has 0 fully saturated rings. The summed E-state index contributed by atoms with van der Waals surface area (Å²) >= 11 is 3.93. The molecular weight excluding hydrogens is 497 g/mol. The zero-order valence-corrected chi connectivity index (χ0v) is 19.7. The molecule has 0 saturated heterocycles. The van der Waals surface area contributed by atoms with Gasteiger partial charge in [0, 0.05) is 24.6 Å². The molecule has 3 aromatic rings. The fourth-order valence-electron chi connectivity index (χ4n) is 5.31. The third-order valence-corrected chi connectivity index (χ3v) is 7.92. The van der Waals surface area contributed by atoms with Gasteiger partial charge in [-0.3, -0.25) is 9.59 Å². The molecule has 0 radical (unpaired) electrons. The number of amides is 2. The molecule has 2 N–H and O–H groups in total. The van der Waals surface area contributed by atoms with Crippen molar-refractivity contribution in [1.29, 1.82) is 5.26 Å². The molecule has 5 nitrogen and oxygen atoms in total. The Labute approximate surface area is 205 Å². The number of halogens is 2. The van der Waals surface area contributed by atoms with Gasteiger partial charge in [0.05, 0.1) is 10.4 Å². The lowest BCUT2D eigenvalue weighted by atomic mass is 9.52. The lowest BCUT2D eigenvalue weighted by molar-refractivity contribution is -0.130. The maximum absolute atomic E-state index is 13.6. The van der Waals surface area contributed by atoms with Crippen LogP contribution in [0.2, 0.25) is 0 Å². The van der Waals surface area contributed by atoms with Crippen molar-refractivity contribution in [2.45, 2.75) is 23.1 Å². The van der Waals surface area contributed by atoms with Crippen LogP contribution >= 0.6 is 15.9 Å². The van der Waals surface area contributed by atoms with E-state index in [0.717, 1.165) is 22.3 Å². The number of anilines is 1. The minimum atomic E-state index is -1.32. The normalized spacial score (nSPS) is 23.9. The molecule has 3 aliphatic carbocycles. The van der Waals surface area contributed by atoms with Crippen molar-refractivity contribution in [3.63, 3.8) is 0 Å².